The van der Waals surface area contributed by atoms with Gasteiger partial charge < -0.3 is 0 Å². The second-order valence-electron chi connectivity index (χ2n) is 2.66. The normalized spacial score (nSPS) is 28.8. The van der Waals surface area contributed by atoms with Gasteiger partial charge >= 0.3 is 0 Å². The van der Waals surface area contributed by atoms with Gasteiger partial charge in [0, 0.05) is 6.20 Å². The molecule has 0 saturated carbocycles. The molecule has 0 N–H and O–H groups in total. The summed E-state index contributed by atoms with van der Waals surface area (Å²) in [7, 11) is 0. The molecular formula is C9H10N. The molecule has 0 saturated heterocycles. The summed E-state index contributed by atoms with van der Waals surface area (Å²) in [5, 5.41) is 4.35. The van der Waals surface area contributed by atoms with Crippen molar-refractivity contribution in [3.8, 4) is 0 Å². The quantitative estimate of drug-likeness (QED) is 0.446. The Bertz CT molecular complexity index is 211. The van der Waals surface area contributed by atoms with Crippen molar-refractivity contribution in [1.82, 2.24) is 5.32 Å². The van der Waals surface area contributed by atoms with Crippen LogP contribution < -0.4 is 5.32 Å². The zero-order chi connectivity index (χ0) is 6.81. The Morgan fingerprint density at radius 2 is 2.40 bits per heavy atom. The van der Waals surface area contributed by atoms with E-state index < -0.39 is 0 Å². The van der Waals surface area contributed by atoms with E-state index in [9.17, 15) is 0 Å². The Morgan fingerprint density at radius 1 is 1.40 bits per heavy atom. The average Bonchev–Trinajstić information content (AvgIpc) is 2.05. The van der Waals surface area contributed by atoms with Crippen molar-refractivity contribution in [2.75, 3.05) is 0 Å². The first-order chi connectivity index (χ1) is 4.97. The molecule has 1 aliphatic carbocycles. The van der Waals surface area contributed by atoms with E-state index in [1.165, 1.54) is 5.57 Å². The maximum atomic E-state index is 4.35. The van der Waals surface area contributed by atoms with E-state index in [0.29, 0.717) is 6.04 Å². The average molecular weight is 132 g/mol. The smallest absolute Gasteiger partial charge is 0.0749 e. The molecular weight excluding hydrogens is 122 g/mol. The molecule has 0 aromatic heterocycles. The standard InChI is InChI=1S/C9H10N/c1-2-6-9-8(4-1)5-3-7-10-9/h1-3,5,7,9H,4,6H2. The van der Waals surface area contributed by atoms with Gasteiger partial charge in [-0.25, -0.2) is 0 Å². The highest BCUT2D eigenvalue weighted by atomic mass is 14.9. The van der Waals surface area contributed by atoms with Gasteiger partial charge in [-0.05, 0) is 24.5 Å². The molecule has 1 aliphatic heterocycles. The first-order valence-electron chi connectivity index (χ1n) is 3.67. The first-order valence-corrected chi connectivity index (χ1v) is 3.67. The Balaban J connectivity index is 2.23. The Morgan fingerprint density at radius 3 is 3.30 bits per heavy atom. The minimum Gasteiger partial charge on any atom is -0.285 e. The predicted octanol–water partition coefficient (Wildman–Crippen LogP) is 1.76. The van der Waals surface area contributed by atoms with Gasteiger partial charge in [-0.2, -0.15) is 0 Å². The summed E-state index contributed by atoms with van der Waals surface area (Å²) in [5.41, 5.74) is 1.46. The SMILES string of the molecule is C1=C[N]C2CC=CCC2=C1. The molecule has 0 amide bonds. The second-order valence-corrected chi connectivity index (χ2v) is 2.66. The Hall–Kier alpha value is -0.980. The van der Waals surface area contributed by atoms with Crippen molar-refractivity contribution in [1.29, 1.82) is 0 Å². The number of allylic oxidation sites excluding steroid dienone is 3. The van der Waals surface area contributed by atoms with Gasteiger partial charge in [0.2, 0.25) is 0 Å². The van der Waals surface area contributed by atoms with Crippen molar-refractivity contribution < 1.29 is 0 Å². The highest BCUT2D eigenvalue weighted by molar-refractivity contribution is 5.28. The Labute approximate surface area is 61.1 Å². The number of hydrogen-bond acceptors (Lipinski definition) is 0. The van der Waals surface area contributed by atoms with Crippen LogP contribution in [0.2, 0.25) is 0 Å². The summed E-state index contributed by atoms with van der Waals surface area (Å²) in [6, 6.07) is 0.468. The summed E-state index contributed by atoms with van der Waals surface area (Å²) in [6.45, 7) is 0. The van der Waals surface area contributed by atoms with Gasteiger partial charge in [-0.15, -0.1) is 0 Å². The van der Waals surface area contributed by atoms with Crippen molar-refractivity contribution in [2.45, 2.75) is 18.9 Å². The molecule has 2 aliphatic rings. The van der Waals surface area contributed by atoms with E-state index in [1.54, 1.807) is 0 Å². The zero-order valence-electron chi connectivity index (χ0n) is 5.83. The third-order valence-corrected chi connectivity index (χ3v) is 1.97. The van der Waals surface area contributed by atoms with E-state index in [1.807, 2.05) is 12.3 Å². The van der Waals surface area contributed by atoms with Crippen LogP contribution in [0.25, 0.3) is 0 Å². The van der Waals surface area contributed by atoms with Gasteiger partial charge in [0.1, 0.15) is 0 Å². The van der Waals surface area contributed by atoms with Crippen LogP contribution in [-0.4, -0.2) is 6.04 Å². The highest BCUT2D eigenvalue weighted by Crippen LogP contribution is 2.20. The van der Waals surface area contributed by atoms with Gasteiger partial charge in [-0.1, -0.05) is 18.2 Å². The lowest BCUT2D eigenvalue weighted by molar-refractivity contribution is 0.628. The maximum Gasteiger partial charge on any atom is 0.0749 e. The molecule has 0 spiro atoms. The summed E-state index contributed by atoms with van der Waals surface area (Å²) in [4.78, 5) is 0. The number of hydrogen-bond donors (Lipinski definition) is 0. The van der Waals surface area contributed by atoms with Crippen molar-refractivity contribution in [3.63, 3.8) is 0 Å². The molecule has 1 heterocycles. The number of nitrogens with zero attached hydrogens (tertiary/aromatic N) is 1. The number of fused-ring (bicyclic) bond motifs is 1. The predicted molar refractivity (Wildman–Crippen MR) is 41.5 cm³/mol. The molecule has 0 fully saturated rings. The minimum absolute atomic E-state index is 0.468. The topological polar surface area (TPSA) is 14.1 Å². The monoisotopic (exact) mass is 132 g/mol. The number of rotatable bonds is 0. The molecule has 1 heteroatoms. The summed E-state index contributed by atoms with van der Waals surface area (Å²) in [5.74, 6) is 0. The highest BCUT2D eigenvalue weighted by Gasteiger charge is 2.15. The fourth-order valence-corrected chi connectivity index (χ4v) is 1.39. The molecule has 0 aromatic rings. The van der Waals surface area contributed by atoms with E-state index >= 15 is 0 Å². The van der Waals surface area contributed by atoms with Gasteiger partial charge in [0.05, 0.1) is 6.04 Å². The summed E-state index contributed by atoms with van der Waals surface area (Å²) >= 11 is 0. The molecule has 1 atom stereocenters. The van der Waals surface area contributed by atoms with E-state index in [2.05, 4.69) is 23.5 Å². The Kier molecular flexibility index (Phi) is 1.35. The van der Waals surface area contributed by atoms with Crippen molar-refractivity contribution >= 4 is 0 Å². The van der Waals surface area contributed by atoms with E-state index in [4.69, 9.17) is 0 Å². The lowest BCUT2D eigenvalue weighted by Gasteiger charge is -2.21. The van der Waals surface area contributed by atoms with Crippen LogP contribution in [0.4, 0.5) is 0 Å². The van der Waals surface area contributed by atoms with E-state index in [-0.39, 0.29) is 0 Å². The second kappa shape index (κ2) is 2.33. The largest absolute Gasteiger partial charge is 0.285 e. The van der Waals surface area contributed by atoms with Gasteiger partial charge in [0.15, 0.2) is 0 Å². The van der Waals surface area contributed by atoms with Crippen LogP contribution in [0.5, 0.6) is 0 Å². The lowest BCUT2D eigenvalue weighted by atomic mass is 9.94. The molecule has 0 bridgehead atoms. The summed E-state index contributed by atoms with van der Waals surface area (Å²) in [6.07, 6.45) is 12.7. The van der Waals surface area contributed by atoms with Crippen LogP contribution in [-0.2, 0) is 0 Å². The van der Waals surface area contributed by atoms with Crippen LogP contribution in [0, 0.1) is 0 Å². The fourth-order valence-electron chi connectivity index (χ4n) is 1.39. The first kappa shape index (κ1) is 5.78. The van der Waals surface area contributed by atoms with Crippen LogP contribution in [0.15, 0.2) is 36.1 Å². The molecule has 1 nitrogen and oxygen atoms in total. The van der Waals surface area contributed by atoms with Crippen LogP contribution in [0.1, 0.15) is 12.8 Å². The molecule has 0 aromatic carbocycles. The molecule has 2 rings (SSSR count). The van der Waals surface area contributed by atoms with Gasteiger partial charge in [-0.3, -0.25) is 5.32 Å². The molecule has 10 heavy (non-hydrogen) atoms. The summed E-state index contributed by atoms with van der Waals surface area (Å²) < 4.78 is 0. The van der Waals surface area contributed by atoms with Crippen LogP contribution >= 0.6 is 0 Å². The molecule has 51 valence electrons. The van der Waals surface area contributed by atoms with E-state index in [0.717, 1.165) is 12.8 Å². The fraction of sp³-hybridized carbons (Fsp3) is 0.333. The van der Waals surface area contributed by atoms with Crippen molar-refractivity contribution in [3.05, 3.63) is 36.1 Å². The molecule has 1 radical (unpaired) electrons. The molecule has 1 unspecified atom stereocenters. The maximum absolute atomic E-state index is 4.35. The third kappa shape index (κ3) is 0.878. The van der Waals surface area contributed by atoms with Gasteiger partial charge in [0.25, 0.3) is 0 Å². The third-order valence-electron chi connectivity index (χ3n) is 1.97. The zero-order valence-corrected chi connectivity index (χ0v) is 5.83. The van der Waals surface area contributed by atoms with Crippen LogP contribution in [0.3, 0.4) is 0 Å². The lowest BCUT2D eigenvalue weighted by Crippen LogP contribution is -2.23. The minimum atomic E-state index is 0.468. The van der Waals surface area contributed by atoms with Crippen molar-refractivity contribution in [2.24, 2.45) is 0 Å².